The molecule has 27 heavy (non-hydrogen) atoms. The van der Waals surface area contributed by atoms with Crippen molar-refractivity contribution < 1.29 is 14.5 Å². The van der Waals surface area contributed by atoms with Crippen molar-refractivity contribution in [2.24, 2.45) is 0 Å². The van der Waals surface area contributed by atoms with Gasteiger partial charge in [0.25, 0.3) is 11.8 Å². The second-order valence-electron chi connectivity index (χ2n) is 6.90. The van der Waals surface area contributed by atoms with Crippen LogP contribution >= 0.6 is 11.3 Å². The molecular formula is C21H28N3O2S+. The lowest BCUT2D eigenvalue weighted by Crippen LogP contribution is -3.11. The number of carbonyl (C=O) groups excluding carboxylic acids is 2. The molecule has 1 unspecified atom stereocenters. The summed E-state index contributed by atoms with van der Waals surface area (Å²) in [5.74, 6) is 0.0504. The van der Waals surface area contributed by atoms with Gasteiger partial charge in [-0.05, 0) is 49.6 Å². The van der Waals surface area contributed by atoms with Crippen molar-refractivity contribution in [3.63, 3.8) is 0 Å². The average Bonchev–Trinajstić information content (AvgIpc) is 3.34. The van der Waals surface area contributed by atoms with Crippen LogP contribution in [0.15, 0.2) is 41.8 Å². The molecule has 2 amide bonds. The number of hydrogen-bond donors (Lipinski definition) is 2. The van der Waals surface area contributed by atoms with Gasteiger partial charge in [0.05, 0.1) is 11.4 Å². The van der Waals surface area contributed by atoms with E-state index in [4.69, 9.17) is 0 Å². The first-order valence-corrected chi connectivity index (χ1v) is 10.6. The Kier molecular flexibility index (Phi) is 6.63. The van der Waals surface area contributed by atoms with Gasteiger partial charge < -0.3 is 15.1 Å². The number of anilines is 1. The molecule has 1 fully saturated rings. The number of nitrogens with zero attached hydrogens (tertiary/aromatic N) is 1. The number of quaternary nitrogens is 1. The number of benzene rings is 1. The Morgan fingerprint density at radius 3 is 2.56 bits per heavy atom. The fraction of sp³-hybridized carbons (Fsp3) is 0.429. The SMILES string of the molecule is CCN(CC)C(=O)c1ccc(NC(=O)C[NH+]2CCC[C@@H]2c2cccs2)cc1. The van der Waals surface area contributed by atoms with E-state index in [0.717, 1.165) is 25.1 Å². The van der Waals surface area contributed by atoms with Crippen molar-refractivity contribution in [1.82, 2.24) is 4.90 Å². The molecule has 0 aliphatic carbocycles. The average molecular weight is 387 g/mol. The van der Waals surface area contributed by atoms with E-state index < -0.39 is 0 Å². The molecule has 2 heterocycles. The molecule has 1 aromatic carbocycles. The molecule has 2 atom stereocenters. The van der Waals surface area contributed by atoms with E-state index in [1.165, 1.54) is 9.78 Å². The summed E-state index contributed by atoms with van der Waals surface area (Å²) in [5.41, 5.74) is 1.39. The summed E-state index contributed by atoms with van der Waals surface area (Å²) in [4.78, 5) is 29.3. The number of hydrogen-bond acceptors (Lipinski definition) is 3. The molecule has 0 radical (unpaired) electrons. The summed E-state index contributed by atoms with van der Waals surface area (Å²) >= 11 is 1.78. The molecule has 1 aliphatic heterocycles. The van der Waals surface area contributed by atoms with Crippen molar-refractivity contribution in [3.05, 3.63) is 52.2 Å². The molecule has 3 rings (SSSR count). The number of amides is 2. The van der Waals surface area contributed by atoms with Gasteiger partial charge in [-0.2, -0.15) is 0 Å². The number of rotatable bonds is 7. The van der Waals surface area contributed by atoms with E-state index in [2.05, 4.69) is 22.8 Å². The maximum atomic E-state index is 12.5. The standard InChI is InChI=1S/C21H27N3O2S/c1-3-23(4-2)21(26)16-9-11-17(12-10-16)22-20(25)15-24-13-5-7-18(24)19-8-6-14-27-19/h6,8-12,14,18H,3-5,7,13,15H2,1-2H3,(H,22,25)/p+1/t18-/m1/s1. The maximum Gasteiger partial charge on any atom is 0.279 e. The topological polar surface area (TPSA) is 53.9 Å². The Morgan fingerprint density at radius 2 is 1.93 bits per heavy atom. The van der Waals surface area contributed by atoms with Crippen molar-refractivity contribution in [2.75, 3.05) is 31.5 Å². The summed E-state index contributed by atoms with van der Waals surface area (Å²) in [6.45, 7) is 6.84. The highest BCUT2D eigenvalue weighted by Crippen LogP contribution is 2.23. The highest BCUT2D eigenvalue weighted by Gasteiger charge is 2.32. The van der Waals surface area contributed by atoms with Gasteiger partial charge in [0.2, 0.25) is 0 Å². The summed E-state index contributed by atoms with van der Waals surface area (Å²) in [5, 5.41) is 5.08. The Balaban J connectivity index is 1.57. The van der Waals surface area contributed by atoms with Gasteiger partial charge in [-0.1, -0.05) is 6.07 Å². The quantitative estimate of drug-likeness (QED) is 0.769. The Bertz CT molecular complexity index is 754. The lowest BCUT2D eigenvalue weighted by molar-refractivity contribution is -0.910. The smallest absolute Gasteiger partial charge is 0.279 e. The highest BCUT2D eigenvalue weighted by molar-refractivity contribution is 7.10. The van der Waals surface area contributed by atoms with Crippen LogP contribution in [0.4, 0.5) is 5.69 Å². The van der Waals surface area contributed by atoms with Crippen LogP contribution in [0.3, 0.4) is 0 Å². The molecule has 6 heteroatoms. The van der Waals surface area contributed by atoms with Crippen LogP contribution in [0.2, 0.25) is 0 Å². The molecular weight excluding hydrogens is 358 g/mol. The van der Waals surface area contributed by atoms with Gasteiger partial charge in [0, 0.05) is 37.2 Å². The first-order chi connectivity index (χ1) is 13.1. The predicted molar refractivity (Wildman–Crippen MR) is 109 cm³/mol. The Labute approximate surface area is 165 Å². The number of nitrogens with one attached hydrogen (secondary N) is 2. The minimum absolute atomic E-state index is 0.0243. The molecule has 5 nitrogen and oxygen atoms in total. The third-order valence-corrected chi connectivity index (χ3v) is 6.21. The fourth-order valence-electron chi connectivity index (χ4n) is 3.76. The van der Waals surface area contributed by atoms with E-state index >= 15 is 0 Å². The molecule has 1 aliphatic rings. The van der Waals surface area contributed by atoms with E-state index in [1.54, 1.807) is 28.4 Å². The number of thiophene rings is 1. The van der Waals surface area contributed by atoms with Gasteiger partial charge >= 0.3 is 0 Å². The zero-order valence-corrected chi connectivity index (χ0v) is 16.8. The van der Waals surface area contributed by atoms with E-state index in [9.17, 15) is 9.59 Å². The van der Waals surface area contributed by atoms with Gasteiger partial charge in [-0.15, -0.1) is 11.3 Å². The highest BCUT2D eigenvalue weighted by atomic mass is 32.1. The zero-order chi connectivity index (χ0) is 19.2. The van der Waals surface area contributed by atoms with Crippen LogP contribution in [0.1, 0.15) is 48.0 Å². The van der Waals surface area contributed by atoms with Crippen molar-refractivity contribution in [1.29, 1.82) is 0 Å². The first-order valence-electron chi connectivity index (χ1n) is 9.69. The first kappa shape index (κ1) is 19.6. The van der Waals surface area contributed by atoms with Gasteiger partial charge in [0.15, 0.2) is 6.54 Å². The minimum atomic E-state index is 0.0243. The molecule has 2 N–H and O–H groups in total. The van der Waals surface area contributed by atoms with Crippen LogP contribution in [0, 0.1) is 0 Å². The molecule has 1 aromatic heterocycles. The molecule has 0 bridgehead atoms. The Morgan fingerprint density at radius 1 is 1.19 bits per heavy atom. The van der Waals surface area contributed by atoms with Gasteiger partial charge in [-0.3, -0.25) is 9.59 Å². The molecule has 2 aromatic rings. The summed E-state index contributed by atoms with van der Waals surface area (Å²) in [7, 11) is 0. The number of carbonyl (C=O) groups is 2. The second-order valence-corrected chi connectivity index (χ2v) is 7.88. The summed E-state index contributed by atoms with van der Waals surface area (Å²) < 4.78 is 0. The van der Waals surface area contributed by atoms with E-state index in [0.29, 0.717) is 31.2 Å². The van der Waals surface area contributed by atoms with Gasteiger partial charge in [-0.25, -0.2) is 0 Å². The third kappa shape index (κ3) is 4.76. The maximum absolute atomic E-state index is 12.5. The van der Waals surface area contributed by atoms with Crippen LogP contribution in [-0.4, -0.2) is 42.9 Å². The summed E-state index contributed by atoms with van der Waals surface area (Å²) in [6, 6.07) is 11.9. The van der Waals surface area contributed by atoms with Crippen LogP contribution in [0.25, 0.3) is 0 Å². The lowest BCUT2D eigenvalue weighted by Gasteiger charge is -2.20. The largest absolute Gasteiger partial charge is 0.339 e. The van der Waals surface area contributed by atoms with Crippen molar-refractivity contribution in [3.8, 4) is 0 Å². The zero-order valence-electron chi connectivity index (χ0n) is 16.0. The van der Waals surface area contributed by atoms with Crippen LogP contribution in [0.5, 0.6) is 0 Å². The van der Waals surface area contributed by atoms with Gasteiger partial charge in [0.1, 0.15) is 6.04 Å². The van der Waals surface area contributed by atoms with Crippen LogP contribution < -0.4 is 10.2 Å². The number of likely N-dealkylation sites (tertiary alicyclic amines) is 1. The van der Waals surface area contributed by atoms with Crippen LogP contribution in [-0.2, 0) is 4.79 Å². The third-order valence-electron chi connectivity index (χ3n) is 5.22. The minimum Gasteiger partial charge on any atom is -0.339 e. The van der Waals surface area contributed by atoms with Crippen molar-refractivity contribution >= 4 is 28.8 Å². The normalized spacial score (nSPS) is 19.0. The lowest BCUT2D eigenvalue weighted by atomic mass is 10.1. The summed E-state index contributed by atoms with van der Waals surface area (Å²) in [6.07, 6.45) is 2.30. The van der Waals surface area contributed by atoms with E-state index in [1.807, 2.05) is 26.0 Å². The fourth-order valence-corrected chi connectivity index (χ4v) is 4.68. The molecule has 0 spiro atoms. The molecule has 1 saturated heterocycles. The second kappa shape index (κ2) is 9.15. The predicted octanol–water partition coefficient (Wildman–Crippen LogP) is 2.59. The van der Waals surface area contributed by atoms with Crippen molar-refractivity contribution in [2.45, 2.75) is 32.7 Å². The monoisotopic (exact) mass is 386 g/mol. The van der Waals surface area contributed by atoms with E-state index in [-0.39, 0.29) is 11.8 Å². The molecule has 144 valence electrons. The Hall–Kier alpha value is -2.18. The molecule has 0 saturated carbocycles.